The van der Waals surface area contributed by atoms with Crippen molar-refractivity contribution in [1.82, 2.24) is 4.98 Å². The van der Waals surface area contributed by atoms with Gasteiger partial charge in [0.25, 0.3) is 0 Å². The number of nitrogens with zero attached hydrogens (tertiary/aromatic N) is 2. The van der Waals surface area contributed by atoms with E-state index in [0.717, 1.165) is 17.1 Å². The van der Waals surface area contributed by atoms with E-state index < -0.39 is 0 Å². The van der Waals surface area contributed by atoms with Crippen molar-refractivity contribution in [3.63, 3.8) is 0 Å². The lowest BCUT2D eigenvalue weighted by Crippen LogP contribution is -2.09. The molecule has 7 aromatic carbocycles. The number of hydrogen-bond acceptors (Lipinski definition) is 3. The highest BCUT2D eigenvalue weighted by molar-refractivity contribution is 7.25. The van der Waals surface area contributed by atoms with Crippen LogP contribution in [0.5, 0.6) is 0 Å². The SMILES string of the molecule is c1ccc(N(c2ccc(-c3ccc4ccc5c6ccccc6ccc5c4c3)cc2)c2ccc3c(c2)sc2ccncc23)cc1. The van der Waals surface area contributed by atoms with Crippen LogP contribution < -0.4 is 4.90 Å². The normalized spacial score (nSPS) is 11.6. The standard InChI is InChI=1S/C41H26N2S/c1-2-7-31(8-3-1)43(33-18-21-37-39-26-42-23-22-40(39)44-41(37)25-33)32-16-12-27(13-17-32)30-11-10-29-15-19-35-34-9-5-4-6-28(34)14-20-36(35)38(29)24-30/h1-26H. The van der Waals surface area contributed by atoms with Crippen molar-refractivity contribution in [3.8, 4) is 11.1 Å². The summed E-state index contributed by atoms with van der Waals surface area (Å²) in [4.78, 5) is 6.70. The minimum absolute atomic E-state index is 1.12. The summed E-state index contributed by atoms with van der Waals surface area (Å²) in [6.45, 7) is 0. The Bertz CT molecular complexity index is 2490. The van der Waals surface area contributed by atoms with Gasteiger partial charge in [-0.3, -0.25) is 4.98 Å². The lowest BCUT2D eigenvalue weighted by Gasteiger charge is -2.25. The molecule has 0 saturated heterocycles. The zero-order chi connectivity index (χ0) is 29.0. The predicted octanol–water partition coefficient (Wildman–Crippen LogP) is 12.0. The number of pyridine rings is 1. The molecule has 2 nitrogen and oxygen atoms in total. The Kier molecular flexibility index (Phi) is 5.71. The van der Waals surface area contributed by atoms with Crippen LogP contribution in [0.15, 0.2) is 158 Å². The molecule has 0 aliphatic carbocycles. The van der Waals surface area contributed by atoms with E-state index in [0.29, 0.717) is 0 Å². The number of aromatic nitrogens is 1. The maximum absolute atomic E-state index is 4.36. The van der Waals surface area contributed by atoms with Gasteiger partial charge < -0.3 is 4.90 Å². The van der Waals surface area contributed by atoms with E-state index in [1.807, 2.05) is 23.7 Å². The summed E-state index contributed by atoms with van der Waals surface area (Å²) in [7, 11) is 0. The Balaban J connectivity index is 1.14. The molecule has 0 radical (unpaired) electrons. The van der Waals surface area contributed by atoms with E-state index in [1.165, 1.54) is 63.6 Å². The topological polar surface area (TPSA) is 16.1 Å². The summed E-state index contributed by atoms with van der Waals surface area (Å²) in [5, 5.41) is 10.2. The van der Waals surface area contributed by atoms with Crippen molar-refractivity contribution in [2.24, 2.45) is 0 Å². The van der Waals surface area contributed by atoms with Gasteiger partial charge in [-0.2, -0.15) is 0 Å². The number of hydrogen-bond donors (Lipinski definition) is 0. The van der Waals surface area contributed by atoms with Crippen LogP contribution in [-0.2, 0) is 0 Å². The summed E-state index contributed by atoms with van der Waals surface area (Å²) >= 11 is 1.82. The molecule has 9 rings (SSSR count). The molecule has 0 aliphatic rings. The smallest absolute Gasteiger partial charge is 0.0476 e. The molecule has 44 heavy (non-hydrogen) atoms. The second kappa shape index (κ2) is 10.0. The highest BCUT2D eigenvalue weighted by Crippen LogP contribution is 2.41. The van der Waals surface area contributed by atoms with Crippen LogP contribution in [0.4, 0.5) is 17.1 Å². The Labute approximate surface area is 259 Å². The maximum Gasteiger partial charge on any atom is 0.0476 e. The molecule has 0 atom stereocenters. The van der Waals surface area contributed by atoms with Gasteiger partial charge in [-0.05, 0) is 92.0 Å². The average molecular weight is 579 g/mol. The maximum atomic E-state index is 4.36. The molecule has 0 spiro atoms. The third-order valence-electron chi connectivity index (χ3n) is 8.73. The monoisotopic (exact) mass is 578 g/mol. The zero-order valence-electron chi connectivity index (χ0n) is 23.8. The molecule has 2 aromatic heterocycles. The zero-order valence-corrected chi connectivity index (χ0v) is 24.6. The molecular weight excluding hydrogens is 553 g/mol. The number of rotatable bonds is 4. The van der Waals surface area contributed by atoms with Gasteiger partial charge in [-0.15, -0.1) is 11.3 Å². The summed E-state index contributed by atoms with van der Waals surface area (Å²) in [5.41, 5.74) is 5.82. The largest absolute Gasteiger partial charge is 0.310 e. The van der Waals surface area contributed by atoms with Gasteiger partial charge in [0.05, 0.1) is 0 Å². The van der Waals surface area contributed by atoms with Gasteiger partial charge >= 0.3 is 0 Å². The fourth-order valence-corrected chi connectivity index (χ4v) is 7.68. The molecule has 206 valence electrons. The minimum Gasteiger partial charge on any atom is -0.310 e. The van der Waals surface area contributed by atoms with E-state index in [9.17, 15) is 0 Å². The lowest BCUT2D eigenvalue weighted by atomic mass is 9.94. The van der Waals surface area contributed by atoms with Crippen LogP contribution in [0.3, 0.4) is 0 Å². The molecule has 0 saturated carbocycles. The van der Waals surface area contributed by atoms with Crippen LogP contribution in [-0.4, -0.2) is 4.98 Å². The van der Waals surface area contributed by atoms with E-state index in [-0.39, 0.29) is 0 Å². The average Bonchev–Trinajstić information content (AvgIpc) is 3.47. The Morgan fingerprint density at radius 1 is 0.409 bits per heavy atom. The molecule has 0 amide bonds. The summed E-state index contributed by atoms with van der Waals surface area (Å²) in [6, 6.07) is 53.0. The molecule has 2 heterocycles. The Morgan fingerprint density at radius 2 is 1.07 bits per heavy atom. The molecule has 3 heteroatoms. The van der Waals surface area contributed by atoms with Crippen LogP contribution in [0, 0.1) is 0 Å². The minimum atomic E-state index is 1.12. The highest BCUT2D eigenvalue weighted by Gasteiger charge is 2.15. The number of anilines is 3. The summed E-state index contributed by atoms with van der Waals surface area (Å²) in [5.74, 6) is 0. The first-order valence-electron chi connectivity index (χ1n) is 14.9. The number of fused-ring (bicyclic) bond motifs is 8. The molecule has 9 aromatic rings. The van der Waals surface area contributed by atoms with E-state index in [4.69, 9.17) is 0 Å². The van der Waals surface area contributed by atoms with Gasteiger partial charge in [-0.25, -0.2) is 0 Å². The van der Waals surface area contributed by atoms with Crippen LogP contribution in [0.2, 0.25) is 0 Å². The summed E-state index contributed by atoms with van der Waals surface area (Å²) < 4.78 is 2.53. The first kappa shape index (κ1) is 25.0. The molecule has 0 N–H and O–H groups in total. The second-order valence-corrected chi connectivity index (χ2v) is 12.3. The molecule has 0 aliphatic heterocycles. The van der Waals surface area contributed by atoms with Crippen molar-refractivity contribution in [2.45, 2.75) is 0 Å². The first-order chi connectivity index (χ1) is 21.8. The van der Waals surface area contributed by atoms with E-state index >= 15 is 0 Å². The lowest BCUT2D eigenvalue weighted by molar-refractivity contribution is 1.29. The van der Waals surface area contributed by atoms with Gasteiger partial charge in [0, 0.05) is 49.6 Å². The third-order valence-corrected chi connectivity index (χ3v) is 9.87. The van der Waals surface area contributed by atoms with Gasteiger partial charge in [0.1, 0.15) is 0 Å². The summed E-state index contributed by atoms with van der Waals surface area (Å²) in [6.07, 6.45) is 3.84. The quantitative estimate of drug-likeness (QED) is 0.193. The van der Waals surface area contributed by atoms with Crippen LogP contribution >= 0.6 is 11.3 Å². The molecule has 0 unspecified atom stereocenters. The van der Waals surface area contributed by atoms with Crippen molar-refractivity contribution in [3.05, 3.63) is 158 Å². The highest BCUT2D eigenvalue weighted by atomic mass is 32.1. The number of benzene rings is 7. The van der Waals surface area contributed by atoms with Crippen LogP contribution in [0.1, 0.15) is 0 Å². The third kappa shape index (κ3) is 4.05. The van der Waals surface area contributed by atoms with Crippen molar-refractivity contribution < 1.29 is 0 Å². The van der Waals surface area contributed by atoms with E-state index in [1.54, 1.807) is 0 Å². The molecule has 0 bridgehead atoms. The predicted molar refractivity (Wildman–Crippen MR) is 190 cm³/mol. The Hall–Kier alpha value is -5.51. The van der Waals surface area contributed by atoms with Gasteiger partial charge in [-0.1, -0.05) is 97.1 Å². The number of para-hydroxylation sites is 1. The van der Waals surface area contributed by atoms with Crippen molar-refractivity contribution >= 4 is 80.9 Å². The fraction of sp³-hybridized carbons (Fsp3) is 0. The Morgan fingerprint density at radius 3 is 1.93 bits per heavy atom. The molecular formula is C41H26N2S. The van der Waals surface area contributed by atoms with Gasteiger partial charge in [0.2, 0.25) is 0 Å². The van der Waals surface area contributed by atoms with Gasteiger partial charge in [0.15, 0.2) is 0 Å². The fourth-order valence-electron chi connectivity index (χ4n) is 6.57. The molecule has 0 fully saturated rings. The van der Waals surface area contributed by atoms with Crippen molar-refractivity contribution in [2.75, 3.05) is 4.90 Å². The second-order valence-electron chi connectivity index (χ2n) is 11.3. The van der Waals surface area contributed by atoms with Crippen molar-refractivity contribution in [1.29, 1.82) is 0 Å². The number of thiophene rings is 1. The first-order valence-corrected chi connectivity index (χ1v) is 15.7. The van der Waals surface area contributed by atoms with Crippen LogP contribution in [0.25, 0.3) is 63.6 Å². The van der Waals surface area contributed by atoms with E-state index in [2.05, 4.69) is 155 Å².